The first kappa shape index (κ1) is 21.0. The summed E-state index contributed by atoms with van der Waals surface area (Å²) in [7, 11) is 1.62. The normalized spacial score (nSPS) is 10.9. The molecule has 3 aromatic carbocycles. The molecule has 0 fully saturated rings. The average molecular weight is 520 g/mol. The molecule has 0 amide bonds. The molecule has 0 N–H and O–H groups in total. The summed E-state index contributed by atoms with van der Waals surface area (Å²) in [5.41, 5.74) is 2.59. The maximum absolute atomic E-state index is 10.7. The van der Waals surface area contributed by atoms with Gasteiger partial charge in [-0.05, 0) is 91.5 Å². The Morgan fingerprint density at radius 1 is 1.03 bits per heavy atom. The highest BCUT2D eigenvalue weighted by Crippen LogP contribution is 2.35. The summed E-state index contributed by atoms with van der Waals surface area (Å²) in [6.07, 6.45) is 1.76. The summed E-state index contributed by atoms with van der Waals surface area (Å²) in [5, 5.41) is 10.7. The lowest BCUT2D eigenvalue weighted by Gasteiger charge is -2.11. The Morgan fingerprint density at radius 2 is 1.66 bits per heavy atom. The van der Waals surface area contributed by atoms with Crippen molar-refractivity contribution in [3.05, 3.63) is 90.9 Å². The number of ether oxygens (including phenoxy) is 2. The maximum Gasteiger partial charge on any atom is 0.269 e. The third kappa shape index (κ3) is 5.65. The van der Waals surface area contributed by atoms with Gasteiger partial charge in [0.1, 0.15) is 18.1 Å². The van der Waals surface area contributed by atoms with Crippen LogP contribution < -0.4 is 9.47 Å². The van der Waals surface area contributed by atoms with Gasteiger partial charge in [-0.3, -0.25) is 15.1 Å². The largest absolute Gasteiger partial charge is 0.497 e. The van der Waals surface area contributed by atoms with E-state index >= 15 is 0 Å². The first-order valence-corrected chi connectivity index (χ1v) is 10.1. The van der Waals surface area contributed by atoms with Crippen LogP contribution in [-0.2, 0) is 6.61 Å². The summed E-state index contributed by atoms with van der Waals surface area (Å²) < 4.78 is 12.6. The number of methoxy groups -OCH3 is 1. The van der Waals surface area contributed by atoms with Crippen molar-refractivity contribution in [3.8, 4) is 11.5 Å². The molecule has 0 aromatic heterocycles. The van der Waals surface area contributed by atoms with Gasteiger partial charge in [0.2, 0.25) is 0 Å². The molecule has 0 radical (unpaired) electrons. The van der Waals surface area contributed by atoms with Crippen LogP contribution in [0.4, 0.5) is 11.4 Å². The number of nitro groups is 1. The SMILES string of the molecule is COc1ccc(N=Cc2cc(Br)c(OCc3ccc([N+](=O)[O-])cc3)c(Br)c2)cc1. The van der Waals surface area contributed by atoms with Crippen LogP contribution in [0.25, 0.3) is 0 Å². The lowest BCUT2D eigenvalue weighted by Crippen LogP contribution is -1.98. The van der Waals surface area contributed by atoms with Gasteiger partial charge in [-0.1, -0.05) is 0 Å². The highest BCUT2D eigenvalue weighted by molar-refractivity contribution is 9.11. The number of non-ortho nitro benzene ring substituents is 1. The molecular weight excluding hydrogens is 504 g/mol. The molecule has 148 valence electrons. The third-order valence-corrected chi connectivity index (χ3v) is 5.16. The number of nitrogens with zero attached hydrogens (tertiary/aromatic N) is 2. The summed E-state index contributed by atoms with van der Waals surface area (Å²) in [6, 6.07) is 17.5. The van der Waals surface area contributed by atoms with Crippen molar-refractivity contribution in [2.45, 2.75) is 6.61 Å². The molecular formula is C21H16Br2N2O4. The monoisotopic (exact) mass is 518 g/mol. The zero-order valence-corrected chi connectivity index (χ0v) is 18.5. The second kappa shape index (κ2) is 9.67. The van der Waals surface area contributed by atoms with E-state index in [0.29, 0.717) is 5.75 Å². The minimum atomic E-state index is -0.427. The third-order valence-electron chi connectivity index (χ3n) is 3.99. The van der Waals surface area contributed by atoms with Gasteiger partial charge < -0.3 is 9.47 Å². The number of rotatable bonds is 7. The Kier molecular flexibility index (Phi) is 7.00. The minimum absolute atomic E-state index is 0.0524. The van der Waals surface area contributed by atoms with E-state index in [1.54, 1.807) is 25.5 Å². The fourth-order valence-corrected chi connectivity index (χ4v) is 3.93. The molecule has 6 nitrogen and oxygen atoms in total. The summed E-state index contributed by atoms with van der Waals surface area (Å²) in [4.78, 5) is 14.8. The number of benzene rings is 3. The Hall–Kier alpha value is -2.71. The lowest BCUT2D eigenvalue weighted by atomic mass is 10.2. The summed E-state index contributed by atoms with van der Waals surface area (Å²) in [6.45, 7) is 0.286. The van der Waals surface area contributed by atoms with Gasteiger partial charge in [0, 0.05) is 18.3 Å². The number of hydrogen-bond acceptors (Lipinski definition) is 5. The maximum atomic E-state index is 10.7. The van der Waals surface area contributed by atoms with E-state index in [0.717, 1.165) is 31.5 Å². The van der Waals surface area contributed by atoms with Crippen molar-refractivity contribution in [3.63, 3.8) is 0 Å². The van der Waals surface area contributed by atoms with Gasteiger partial charge >= 0.3 is 0 Å². The fourth-order valence-electron chi connectivity index (χ4n) is 2.48. The van der Waals surface area contributed by atoms with E-state index in [1.807, 2.05) is 36.4 Å². The number of nitro benzene ring substituents is 1. The van der Waals surface area contributed by atoms with E-state index in [1.165, 1.54) is 12.1 Å². The second-order valence-corrected chi connectivity index (χ2v) is 7.69. The van der Waals surface area contributed by atoms with Crippen molar-refractivity contribution in [2.75, 3.05) is 7.11 Å². The molecule has 3 aromatic rings. The molecule has 0 aliphatic carbocycles. The van der Waals surface area contributed by atoms with Gasteiger partial charge in [0.25, 0.3) is 5.69 Å². The van der Waals surface area contributed by atoms with E-state index in [2.05, 4.69) is 36.9 Å². The molecule has 29 heavy (non-hydrogen) atoms. The number of halogens is 2. The van der Waals surface area contributed by atoms with Crippen LogP contribution in [0.2, 0.25) is 0 Å². The van der Waals surface area contributed by atoms with Crippen molar-refractivity contribution < 1.29 is 14.4 Å². The average Bonchev–Trinajstić information content (AvgIpc) is 2.72. The lowest BCUT2D eigenvalue weighted by molar-refractivity contribution is -0.384. The number of aliphatic imine (C=N–C) groups is 1. The Balaban J connectivity index is 1.69. The summed E-state index contributed by atoms with van der Waals surface area (Å²) in [5.74, 6) is 1.42. The van der Waals surface area contributed by atoms with Crippen LogP contribution >= 0.6 is 31.9 Å². The smallest absolute Gasteiger partial charge is 0.269 e. The predicted molar refractivity (Wildman–Crippen MR) is 120 cm³/mol. The topological polar surface area (TPSA) is 74.0 Å². The molecule has 0 saturated heterocycles. The van der Waals surface area contributed by atoms with Gasteiger partial charge in [-0.25, -0.2) is 0 Å². The van der Waals surface area contributed by atoms with Crippen molar-refractivity contribution >= 4 is 49.4 Å². The van der Waals surface area contributed by atoms with Crippen LogP contribution in [0, 0.1) is 10.1 Å². The van der Waals surface area contributed by atoms with Gasteiger partial charge in [0.15, 0.2) is 0 Å². The second-order valence-electron chi connectivity index (χ2n) is 5.98. The molecule has 0 unspecified atom stereocenters. The first-order chi connectivity index (χ1) is 14.0. The van der Waals surface area contributed by atoms with Crippen molar-refractivity contribution in [1.82, 2.24) is 0 Å². The highest BCUT2D eigenvalue weighted by Gasteiger charge is 2.10. The van der Waals surface area contributed by atoms with E-state index in [9.17, 15) is 10.1 Å². The molecule has 0 aliphatic heterocycles. The molecule has 3 rings (SSSR count). The molecule has 0 spiro atoms. The standard InChI is InChI=1S/C21H16Br2N2O4/c1-28-18-8-4-16(5-9-18)24-12-15-10-19(22)21(20(23)11-15)29-13-14-2-6-17(7-3-14)25(26)27/h2-12H,13H2,1H3. The molecule has 0 aliphatic rings. The van der Waals surface area contributed by atoms with E-state index in [-0.39, 0.29) is 12.3 Å². The van der Waals surface area contributed by atoms with E-state index < -0.39 is 4.92 Å². The van der Waals surface area contributed by atoms with E-state index in [4.69, 9.17) is 9.47 Å². The van der Waals surface area contributed by atoms with Crippen LogP contribution in [-0.4, -0.2) is 18.2 Å². The Bertz CT molecular complexity index is 1010. The summed E-state index contributed by atoms with van der Waals surface area (Å²) >= 11 is 7.05. The van der Waals surface area contributed by atoms with Crippen molar-refractivity contribution in [1.29, 1.82) is 0 Å². The zero-order chi connectivity index (χ0) is 20.8. The van der Waals surface area contributed by atoms with Crippen molar-refractivity contribution in [2.24, 2.45) is 4.99 Å². The first-order valence-electron chi connectivity index (χ1n) is 8.49. The molecule has 0 bridgehead atoms. The van der Waals surface area contributed by atoms with Crippen LogP contribution in [0.3, 0.4) is 0 Å². The quantitative estimate of drug-likeness (QED) is 0.204. The molecule has 0 heterocycles. The highest BCUT2D eigenvalue weighted by atomic mass is 79.9. The Labute approximate surface area is 184 Å². The molecule has 0 atom stereocenters. The van der Waals surface area contributed by atoms with Gasteiger partial charge in [0.05, 0.1) is 26.7 Å². The van der Waals surface area contributed by atoms with Crippen LogP contribution in [0.15, 0.2) is 74.6 Å². The fraction of sp³-hybridized carbons (Fsp3) is 0.0952. The Morgan fingerprint density at radius 3 is 2.21 bits per heavy atom. The van der Waals surface area contributed by atoms with Crippen LogP contribution in [0.5, 0.6) is 11.5 Å². The molecule has 8 heteroatoms. The van der Waals surface area contributed by atoms with Gasteiger partial charge in [-0.15, -0.1) is 0 Å². The number of hydrogen-bond donors (Lipinski definition) is 0. The van der Waals surface area contributed by atoms with Gasteiger partial charge in [-0.2, -0.15) is 0 Å². The minimum Gasteiger partial charge on any atom is -0.497 e. The molecule has 0 saturated carbocycles. The zero-order valence-electron chi connectivity index (χ0n) is 15.3. The van der Waals surface area contributed by atoms with Crippen LogP contribution in [0.1, 0.15) is 11.1 Å². The predicted octanol–water partition coefficient (Wildman–Crippen LogP) is 6.46.